The molecule has 0 radical (unpaired) electrons. The van der Waals surface area contributed by atoms with Gasteiger partial charge in [0.15, 0.2) is 11.5 Å². The largest absolute Gasteiger partial charge is 0.493 e. The molecule has 3 aromatic carbocycles. The number of nitrogens with zero attached hydrogens (tertiary/aromatic N) is 2. The number of nitrogens with one attached hydrogen (secondary N) is 1. The third kappa shape index (κ3) is 4.39. The zero-order valence-corrected chi connectivity index (χ0v) is 19.1. The number of amides is 2. The van der Waals surface area contributed by atoms with Crippen molar-refractivity contribution in [3.63, 3.8) is 0 Å². The van der Waals surface area contributed by atoms with Crippen molar-refractivity contribution in [1.82, 2.24) is 10.3 Å². The molecule has 1 aliphatic heterocycles. The molecule has 7 heteroatoms. The van der Waals surface area contributed by atoms with Crippen molar-refractivity contribution in [2.75, 3.05) is 21.3 Å². The molecule has 0 aliphatic carbocycles. The van der Waals surface area contributed by atoms with E-state index in [-0.39, 0.29) is 17.9 Å². The fourth-order valence-electron chi connectivity index (χ4n) is 4.01. The van der Waals surface area contributed by atoms with Crippen molar-refractivity contribution in [2.24, 2.45) is 5.10 Å². The molecule has 0 aromatic heterocycles. The van der Waals surface area contributed by atoms with Crippen molar-refractivity contribution in [1.29, 1.82) is 0 Å². The van der Waals surface area contributed by atoms with Gasteiger partial charge < -0.3 is 14.8 Å². The average Bonchev–Trinajstić information content (AvgIpc) is 2.98. The Bertz CT molecular complexity index is 1190. The number of benzene rings is 3. The Balaban J connectivity index is 1.84. The van der Waals surface area contributed by atoms with E-state index in [9.17, 15) is 9.18 Å². The number of hydrazone groups is 1. The van der Waals surface area contributed by atoms with Crippen LogP contribution >= 0.6 is 0 Å². The minimum Gasteiger partial charge on any atom is -0.493 e. The summed E-state index contributed by atoms with van der Waals surface area (Å²) < 4.78 is 24.3. The number of halogens is 1. The van der Waals surface area contributed by atoms with Crippen LogP contribution in [0.3, 0.4) is 0 Å². The highest BCUT2D eigenvalue weighted by atomic mass is 19.1. The van der Waals surface area contributed by atoms with Gasteiger partial charge in [-0.25, -0.2) is 14.2 Å². The molecule has 1 atom stereocenters. The first-order valence-corrected chi connectivity index (χ1v) is 10.7. The van der Waals surface area contributed by atoms with Gasteiger partial charge in [-0.1, -0.05) is 36.4 Å². The van der Waals surface area contributed by atoms with Crippen LogP contribution in [0, 0.1) is 5.82 Å². The molecule has 1 N–H and O–H groups in total. The van der Waals surface area contributed by atoms with Crippen molar-refractivity contribution in [3.05, 3.63) is 83.2 Å². The van der Waals surface area contributed by atoms with Crippen LogP contribution in [0.4, 0.5) is 9.18 Å². The number of fused-ring (bicyclic) bond motifs is 1. The van der Waals surface area contributed by atoms with Gasteiger partial charge >= 0.3 is 6.03 Å². The molecule has 0 saturated heterocycles. The number of ether oxygens (including phenoxy) is 2. The number of hydrogen-bond acceptors (Lipinski definition) is 4. The summed E-state index contributed by atoms with van der Waals surface area (Å²) in [5.74, 6) is 0.948. The number of rotatable bonds is 4. The van der Waals surface area contributed by atoms with Crippen LogP contribution in [0.15, 0.2) is 65.8 Å². The molecule has 0 fully saturated rings. The molecule has 1 unspecified atom stereocenters. The summed E-state index contributed by atoms with van der Waals surface area (Å²) in [6.45, 7) is 1.96. The quantitative estimate of drug-likeness (QED) is 0.622. The number of carbonyl (C=O) groups is 1. The number of carbonyl (C=O) groups excluding carboxylic acids is 1. The number of hydrogen-bond donors (Lipinski definition) is 1. The fourth-order valence-corrected chi connectivity index (χ4v) is 4.01. The monoisotopic (exact) mass is 447 g/mol. The van der Waals surface area contributed by atoms with E-state index in [1.54, 1.807) is 33.4 Å². The first-order chi connectivity index (χ1) is 15.9. The van der Waals surface area contributed by atoms with Crippen molar-refractivity contribution < 1.29 is 18.7 Å². The van der Waals surface area contributed by atoms with Gasteiger partial charge in [0, 0.05) is 18.2 Å². The minimum absolute atomic E-state index is 0.169. The van der Waals surface area contributed by atoms with E-state index < -0.39 is 0 Å². The molecule has 0 spiro atoms. The van der Waals surface area contributed by atoms with Gasteiger partial charge in [-0.15, -0.1) is 0 Å². The van der Waals surface area contributed by atoms with Gasteiger partial charge in [0.2, 0.25) is 0 Å². The smallest absolute Gasteiger partial charge is 0.337 e. The van der Waals surface area contributed by atoms with Crippen LogP contribution in [-0.4, -0.2) is 44.1 Å². The highest BCUT2D eigenvalue weighted by molar-refractivity contribution is 6.14. The summed E-state index contributed by atoms with van der Waals surface area (Å²) in [5.41, 5.74) is 5.26. The predicted octanol–water partition coefficient (Wildman–Crippen LogP) is 4.85. The third-order valence-corrected chi connectivity index (χ3v) is 5.76. The van der Waals surface area contributed by atoms with E-state index in [0.29, 0.717) is 23.6 Å². The van der Waals surface area contributed by atoms with E-state index >= 15 is 0 Å². The Morgan fingerprint density at radius 2 is 1.52 bits per heavy atom. The molecular weight excluding hydrogens is 421 g/mol. The molecule has 2 amide bonds. The molecule has 3 aromatic rings. The minimum atomic E-state index is -0.283. The first-order valence-electron chi connectivity index (χ1n) is 10.7. The van der Waals surface area contributed by atoms with Crippen molar-refractivity contribution in [2.45, 2.75) is 19.4 Å². The Kier molecular flexibility index (Phi) is 6.31. The van der Waals surface area contributed by atoms with Crippen molar-refractivity contribution >= 4 is 11.7 Å². The second kappa shape index (κ2) is 9.32. The van der Waals surface area contributed by atoms with Gasteiger partial charge in [-0.05, 0) is 54.3 Å². The lowest BCUT2D eigenvalue weighted by molar-refractivity contribution is 0.184. The highest BCUT2D eigenvalue weighted by Crippen LogP contribution is 2.35. The van der Waals surface area contributed by atoms with Gasteiger partial charge in [-0.3, -0.25) is 0 Å². The van der Waals surface area contributed by atoms with Gasteiger partial charge in [0.25, 0.3) is 0 Å². The molecule has 0 saturated carbocycles. The number of urea groups is 1. The summed E-state index contributed by atoms with van der Waals surface area (Å²) in [4.78, 5) is 12.6. The second-order valence-corrected chi connectivity index (χ2v) is 7.85. The van der Waals surface area contributed by atoms with Gasteiger partial charge in [-0.2, -0.15) is 5.10 Å². The number of methoxy groups -OCH3 is 2. The van der Waals surface area contributed by atoms with Crippen molar-refractivity contribution in [3.8, 4) is 22.6 Å². The third-order valence-electron chi connectivity index (χ3n) is 5.76. The van der Waals surface area contributed by atoms with Gasteiger partial charge in [0.05, 0.1) is 26.0 Å². The zero-order valence-electron chi connectivity index (χ0n) is 19.1. The molecule has 1 aliphatic rings. The Labute approximate surface area is 192 Å². The molecule has 1 heterocycles. The summed E-state index contributed by atoms with van der Waals surface area (Å²) in [5, 5.41) is 8.92. The highest BCUT2D eigenvalue weighted by Gasteiger charge is 2.28. The van der Waals surface area contributed by atoms with Crippen LogP contribution in [0.2, 0.25) is 0 Å². The Morgan fingerprint density at radius 3 is 2.09 bits per heavy atom. The van der Waals surface area contributed by atoms with Crippen LogP contribution in [0.25, 0.3) is 11.1 Å². The SMILES string of the molecule is CNC(=O)N1N=C(c2ccc(-c3ccc(F)cc3)cc2)c2cc(OC)c(OC)cc2CC1C. The zero-order chi connectivity index (χ0) is 23.5. The first kappa shape index (κ1) is 22.3. The van der Waals surface area contributed by atoms with E-state index in [4.69, 9.17) is 14.6 Å². The van der Waals surface area contributed by atoms with E-state index in [1.165, 1.54) is 17.1 Å². The maximum absolute atomic E-state index is 13.3. The summed E-state index contributed by atoms with van der Waals surface area (Å²) in [6.07, 6.45) is 0.601. The molecule has 33 heavy (non-hydrogen) atoms. The van der Waals surface area contributed by atoms with Crippen LogP contribution in [0.1, 0.15) is 23.6 Å². The van der Waals surface area contributed by atoms with Crippen LogP contribution in [-0.2, 0) is 6.42 Å². The molecule has 6 nitrogen and oxygen atoms in total. The summed E-state index contributed by atoms with van der Waals surface area (Å²) >= 11 is 0. The molecular formula is C26H26FN3O3. The topological polar surface area (TPSA) is 63.2 Å². The molecule has 4 rings (SSSR count). The standard InChI is InChI=1S/C26H26FN3O3/c1-16-13-20-14-23(32-3)24(33-4)15-22(20)25(29-30(16)26(31)28-2)19-7-5-17(6-8-19)18-9-11-21(27)12-10-18/h5-12,14-16H,13H2,1-4H3,(H,28,31). The predicted molar refractivity (Wildman–Crippen MR) is 126 cm³/mol. The summed E-state index contributed by atoms with van der Waals surface area (Å²) in [6, 6.07) is 17.6. The maximum atomic E-state index is 13.3. The van der Waals surface area contributed by atoms with E-state index in [2.05, 4.69) is 5.32 Å². The average molecular weight is 448 g/mol. The normalized spacial score (nSPS) is 15.2. The maximum Gasteiger partial charge on any atom is 0.337 e. The molecule has 170 valence electrons. The van der Waals surface area contributed by atoms with E-state index in [0.717, 1.165) is 27.8 Å². The second-order valence-electron chi connectivity index (χ2n) is 7.85. The van der Waals surface area contributed by atoms with E-state index in [1.807, 2.05) is 43.3 Å². The van der Waals surface area contributed by atoms with Crippen LogP contribution < -0.4 is 14.8 Å². The Hall–Kier alpha value is -3.87. The summed E-state index contributed by atoms with van der Waals surface area (Å²) in [7, 11) is 4.78. The lowest BCUT2D eigenvalue weighted by Crippen LogP contribution is -2.41. The molecule has 0 bridgehead atoms. The van der Waals surface area contributed by atoms with Gasteiger partial charge in [0.1, 0.15) is 5.82 Å². The van der Waals surface area contributed by atoms with Crippen LogP contribution in [0.5, 0.6) is 11.5 Å². The lowest BCUT2D eigenvalue weighted by Gasteiger charge is -2.22. The fraction of sp³-hybridized carbons (Fsp3) is 0.231. The Morgan fingerprint density at radius 1 is 0.970 bits per heavy atom. The lowest BCUT2D eigenvalue weighted by atomic mass is 9.93.